The largest absolute Gasteiger partial charge is 0.379 e. The number of para-hydroxylation sites is 1. The number of nitrogens with zero attached hydrogens (tertiary/aromatic N) is 1. The molecule has 1 fully saturated rings. The number of hydrogen-bond donors (Lipinski definition) is 0. The number of methoxy groups -OCH3 is 1. The molecule has 9 heteroatoms. The van der Waals surface area contributed by atoms with E-state index in [-0.39, 0.29) is 35.8 Å². The van der Waals surface area contributed by atoms with E-state index in [1.54, 1.807) is 23.1 Å². The Balaban J connectivity index is 1.81. The van der Waals surface area contributed by atoms with Gasteiger partial charge in [0, 0.05) is 32.4 Å². The number of benzene rings is 2. The van der Waals surface area contributed by atoms with E-state index in [0.29, 0.717) is 18.7 Å². The van der Waals surface area contributed by atoms with E-state index >= 15 is 0 Å². The van der Waals surface area contributed by atoms with Crippen molar-refractivity contribution in [3.8, 4) is 5.75 Å². The second-order valence-corrected chi connectivity index (χ2v) is 8.49. The third-order valence-corrected chi connectivity index (χ3v) is 5.95. The zero-order chi connectivity index (χ0) is 21.6. The van der Waals surface area contributed by atoms with Gasteiger partial charge in [-0.25, -0.2) is 4.39 Å². The summed E-state index contributed by atoms with van der Waals surface area (Å²) in [5, 5.41) is 0. The molecule has 1 atom stereocenters. The second-order valence-electron chi connectivity index (χ2n) is 6.94. The van der Waals surface area contributed by atoms with Crippen molar-refractivity contribution in [2.45, 2.75) is 30.4 Å². The smallest absolute Gasteiger partial charge is 0.339 e. The molecule has 1 saturated heterocycles. The molecule has 2 aromatic rings. The van der Waals surface area contributed by atoms with Gasteiger partial charge in [-0.2, -0.15) is 8.42 Å². The molecule has 0 saturated carbocycles. The van der Waals surface area contributed by atoms with Gasteiger partial charge in [0.05, 0.1) is 6.10 Å². The van der Waals surface area contributed by atoms with Crippen molar-refractivity contribution < 1.29 is 31.3 Å². The lowest BCUT2D eigenvalue weighted by atomic mass is 10.1. The Bertz CT molecular complexity index is 958. The Morgan fingerprint density at radius 2 is 1.93 bits per heavy atom. The van der Waals surface area contributed by atoms with Crippen molar-refractivity contribution in [2.75, 3.05) is 26.9 Å². The van der Waals surface area contributed by atoms with Crippen molar-refractivity contribution >= 4 is 16.0 Å². The predicted octanol–water partition coefficient (Wildman–Crippen LogP) is 2.75. The van der Waals surface area contributed by atoms with Gasteiger partial charge in [0.25, 0.3) is 0 Å². The monoisotopic (exact) mass is 437 g/mol. The topological polar surface area (TPSA) is 82.1 Å². The van der Waals surface area contributed by atoms with Gasteiger partial charge in [0.15, 0.2) is 0 Å². The quantitative estimate of drug-likeness (QED) is 0.561. The summed E-state index contributed by atoms with van der Waals surface area (Å²) < 4.78 is 54.3. The van der Waals surface area contributed by atoms with Gasteiger partial charge in [-0.3, -0.25) is 4.79 Å². The summed E-state index contributed by atoms with van der Waals surface area (Å²) in [6.45, 7) is 1.08. The molecule has 0 spiro atoms. The number of carbonyl (C=O) groups excluding carboxylic acids is 1. The van der Waals surface area contributed by atoms with Crippen LogP contribution in [-0.2, 0) is 30.9 Å². The summed E-state index contributed by atoms with van der Waals surface area (Å²) in [5.74, 6) is -0.677. The van der Waals surface area contributed by atoms with Crippen LogP contribution in [-0.4, -0.2) is 52.2 Å². The maximum absolute atomic E-state index is 13.1. The third kappa shape index (κ3) is 5.78. The molecule has 0 N–H and O–H groups in total. The standard InChI is InChI=1S/C21H24FNO6S/c1-27-15-21(24)23(14-18-6-4-12-28-18)13-16-5-2-3-7-20(16)29-30(25,26)19-10-8-17(22)9-11-19/h2-3,5,7-11,18H,4,6,12-15H2,1H3/t18-/m0/s1. The fourth-order valence-electron chi connectivity index (χ4n) is 3.19. The molecule has 1 aliphatic rings. The van der Waals surface area contributed by atoms with Crippen LogP contribution in [0.4, 0.5) is 4.39 Å². The van der Waals surface area contributed by atoms with E-state index in [9.17, 15) is 17.6 Å². The highest BCUT2D eigenvalue weighted by atomic mass is 32.2. The van der Waals surface area contributed by atoms with Gasteiger partial charge in [-0.15, -0.1) is 0 Å². The molecule has 1 heterocycles. The number of amides is 1. The number of halogens is 1. The fraction of sp³-hybridized carbons (Fsp3) is 0.381. The minimum Gasteiger partial charge on any atom is -0.379 e. The van der Waals surface area contributed by atoms with Crippen molar-refractivity contribution in [1.82, 2.24) is 4.90 Å². The molecule has 2 aromatic carbocycles. The van der Waals surface area contributed by atoms with Crippen molar-refractivity contribution in [3.63, 3.8) is 0 Å². The van der Waals surface area contributed by atoms with Crippen molar-refractivity contribution in [2.24, 2.45) is 0 Å². The molecule has 30 heavy (non-hydrogen) atoms. The lowest BCUT2D eigenvalue weighted by molar-refractivity contribution is -0.137. The Hall–Kier alpha value is -2.49. The molecule has 1 aliphatic heterocycles. The molecule has 162 valence electrons. The molecule has 0 unspecified atom stereocenters. The first-order valence-electron chi connectivity index (χ1n) is 9.55. The summed E-state index contributed by atoms with van der Waals surface area (Å²) in [4.78, 5) is 13.9. The Morgan fingerprint density at radius 3 is 2.60 bits per heavy atom. The average Bonchev–Trinajstić information content (AvgIpc) is 3.22. The van der Waals surface area contributed by atoms with Gasteiger partial charge >= 0.3 is 10.1 Å². The summed E-state index contributed by atoms with van der Waals surface area (Å²) in [6, 6.07) is 11.0. The maximum atomic E-state index is 13.1. The van der Waals surface area contributed by atoms with E-state index in [1.165, 1.54) is 13.2 Å². The molecule has 0 radical (unpaired) electrons. The third-order valence-electron chi connectivity index (χ3n) is 4.70. The van der Waals surface area contributed by atoms with Crippen molar-refractivity contribution in [1.29, 1.82) is 0 Å². The average molecular weight is 437 g/mol. The number of carbonyl (C=O) groups is 1. The van der Waals surface area contributed by atoms with Crippen LogP contribution in [0.1, 0.15) is 18.4 Å². The molecule has 3 rings (SSSR count). The van der Waals surface area contributed by atoms with Crippen LogP contribution >= 0.6 is 0 Å². The van der Waals surface area contributed by atoms with E-state index < -0.39 is 15.9 Å². The number of ether oxygens (including phenoxy) is 2. The lowest BCUT2D eigenvalue weighted by Crippen LogP contribution is -2.39. The highest BCUT2D eigenvalue weighted by molar-refractivity contribution is 7.87. The molecule has 0 aromatic heterocycles. The van der Waals surface area contributed by atoms with Gasteiger partial charge in [0.1, 0.15) is 23.1 Å². The van der Waals surface area contributed by atoms with Crippen LogP contribution in [0.25, 0.3) is 0 Å². The number of hydrogen-bond acceptors (Lipinski definition) is 6. The highest BCUT2D eigenvalue weighted by Crippen LogP contribution is 2.25. The zero-order valence-electron chi connectivity index (χ0n) is 16.6. The minimum atomic E-state index is -4.16. The molecule has 0 aliphatic carbocycles. The van der Waals surface area contributed by atoms with Crippen LogP contribution in [0.2, 0.25) is 0 Å². The van der Waals surface area contributed by atoms with Crippen molar-refractivity contribution in [3.05, 3.63) is 59.9 Å². The lowest BCUT2D eigenvalue weighted by Gasteiger charge is -2.26. The molecular formula is C21H24FNO6S. The first-order chi connectivity index (χ1) is 14.4. The first kappa shape index (κ1) is 22.2. The van der Waals surface area contributed by atoms with Crippen LogP contribution in [0, 0.1) is 5.82 Å². The van der Waals surface area contributed by atoms with Crippen LogP contribution in [0.3, 0.4) is 0 Å². The van der Waals surface area contributed by atoms with E-state index in [1.807, 2.05) is 0 Å². The van der Waals surface area contributed by atoms with Gasteiger partial charge in [-0.05, 0) is 43.2 Å². The molecular weight excluding hydrogens is 413 g/mol. The van der Waals surface area contributed by atoms with Crippen LogP contribution < -0.4 is 4.18 Å². The highest BCUT2D eigenvalue weighted by Gasteiger charge is 2.25. The van der Waals surface area contributed by atoms with Crippen LogP contribution in [0.15, 0.2) is 53.4 Å². The summed E-state index contributed by atoms with van der Waals surface area (Å²) in [6.07, 6.45) is 1.72. The summed E-state index contributed by atoms with van der Waals surface area (Å²) in [5.41, 5.74) is 0.519. The van der Waals surface area contributed by atoms with Gasteiger partial charge in [0.2, 0.25) is 5.91 Å². The Kier molecular flexibility index (Phi) is 7.41. The Labute approximate surface area is 175 Å². The number of rotatable bonds is 9. The van der Waals surface area contributed by atoms with E-state index in [2.05, 4.69) is 0 Å². The van der Waals surface area contributed by atoms with E-state index in [0.717, 1.165) is 37.1 Å². The summed E-state index contributed by atoms with van der Waals surface area (Å²) in [7, 11) is -2.72. The Morgan fingerprint density at radius 1 is 1.20 bits per heavy atom. The minimum absolute atomic E-state index is 0.0677. The van der Waals surface area contributed by atoms with Gasteiger partial charge in [-0.1, -0.05) is 18.2 Å². The van der Waals surface area contributed by atoms with Crippen LogP contribution in [0.5, 0.6) is 5.75 Å². The molecule has 7 nitrogen and oxygen atoms in total. The molecule has 0 bridgehead atoms. The molecule has 1 amide bonds. The zero-order valence-corrected chi connectivity index (χ0v) is 17.4. The summed E-state index contributed by atoms with van der Waals surface area (Å²) >= 11 is 0. The van der Waals surface area contributed by atoms with Gasteiger partial charge < -0.3 is 18.6 Å². The van der Waals surface area contributed by atoms with E-state index in [4.69, 9.17) is 13.7 Å². The normalized spacial score (nSPS) is 16.4. The SMILES string of the molecule is COCC(=O)N(Cc1ccccc1OS(=O)(=O)c1ccc(F)cc1)C[C@@H]1CCCO1. The maximum Gasteiger partial charge on any atom is 0.339 e. The first-order valence-corrected chi connectivity index (χ1v) is 11.0. The predicted molar refractivity (Wildman–Crippen MR) is 107 cm³/mol. The second kappa shape index (κ2) is 10.0. The fourth-order valence-corrected chi connectivity index (χ4v) is 4.16.